The first-order valence-corrected chi connectivity index (χ1v) is 11.5. The van der Waals surface area contributed by atoms with Crippen LogP contribution in [-0.2, 0) is 14.3 Å². The summed E-state index contributed by atoms with van der Waals surface area (Å²) in [5, 5.41) is 2.68. The average molecular weight is 400 g/mol. The highest BCUT2D eigenvalue weighted by Crippen LogP contribution is 2.12. The lowest BCUT2D eigenvalue weighted by Crippen LogP contribution is -2.46. The smallest absolute Gasteiger partial charge is 0.407 e. The molecular weight excluding hydrogens is 354 g/mol. The van der Waals surface area contributed by atoms with Crippen molar-refractivity contribution in [1.29, 1.82) is 0 Å². The number of nitrogens with one attached hydrogen (secondary N) is 1. The predicted octanol–water partition coefficient (Wildman–Crippen LogP) is 6.25. The van der Waals surface area contributed by atoms with Crippen LogP contribution in [0.15, 0.2) is 0 Å². The van der Waals surface area contributed by atoms with E-state index in [9.17, 15) is 9.59 Å². The summed E-state index contributed by atoms with van der Waals surface area (Å²) in [6.45, 7) is 10.9. The molecule has 0 aromatic rings. The van der Waals surface area contributed by atoms with Crippen molar-refractivity contribution in [2.24, 2.45) is 11.8 Å². The topological polar surface area (TPSA) is 64.6 Å². The van der Waals surface area contributed by atoms with Crippen molar-refractivity contribution in [2.45, 2.75) is 111 Å². The molecule has 1 N–H and O–H groups in total. The molecule has 0 bridgehead atoms. The lowest BCUT2D eigenvalue weighted by atomic mass is 9.99. The Morgan fingerprint density at radius 1 is 0.786 bits per heavy atom. The number of carbonyl (C=O) groups is 2. The third-order valence-electron chi connectivity index (χ3n) is 5.03. The molecule has 0 aromatic heterocycles. The molecule has 28 heavy (non-hydrogen) atoms. The lowest BCUT2D eigenvalue weighted by Gasteiger charge is -2.22. The molecule has 166 valence electrons. The third kappa shape index (κ3) is 14.8. The van der Waals surface area contributed by atoms with E-state index in [1.807, 2.05) is 27.7 Å². The van der Waals surface area contributed by atoms with Crippen LogP contribution in [0.1, 0.15) is 105 Å². The molecule has 0 saturated heterocycles. The van der Waals surface area contributed by atoms with Gasteiger partial charge in [-0.3, -0.25) is 0 Å². The molecule has 0 spiro atoms. The highest BCUT2D eigenvalue weighted by atomic mass is 16.6. The maximum Gasteiger partial charge on any atom is 0.407 e. The molecule has 0 rings (SSSR count). The van der Waals surface area contributed by atoms with Crippen molar-refractivity contribution >= 4 is 12.1 Å². The fourth-order valence-electron chi connectivity index (χ4n) is 2.93. The fourth-order valence-corrected chi connectivity index (χ4v) is 2.93. The zero-order valence-corrected chi connectivity index (χ0v) is 19.1. The summed E-state index contributed by atoms with van der Waals surface area (Å²) in [5.74, 6) is -0.0883. The van der Waals surface area contributed by atoms with Gasteiger partial charge in [-0.25, -0.2) is 9.59 Å². The number of carbonyl (C=O) groups excluding carboxylic acids is 2. The Hall–Kier alpha value is -1.26. The first-order valence-electron chi connectivity index (χ1n) is 11.5. The summed E-state index contributed by atoms with van der Waals surface area (Å²) in [7, 11) is 0. The molecule has 2 atom stereocenters. The maximum atomic E-state index is 12.4. The highest BCUT2D eigenvalue weighted by molar-refractivity contribution is 5.81. The first-order chi connectivity index (χ1) is 13.4. The minimum absolute atomic E-state index is 0.00630. The van der Waals surface area contributed by atoms with Gasteiger partial charge in [0.1, 0.15) is 6.04 Å². The Morgan fingerprint density at radius 2 is 1.32 bits per heavy atom. The van der Waals surface area contributed by atoms with E-state index in [1.165, 1.54) is 51.4 Å². The van der Waals surface area contributed by atoms with Gasteiger partial charge in [-0.1, -0.05) is 98.8 Å². The van der Waals surface area contributed by atoms with Gasteiger partial charge in [-0.2, -0.15) is 0 Å². The number of alkyl carbamates (subject to hydrolysis) is 1. The third-order valence-corrected chi connectivity index (χ3v) is 5.03. The largest absolute Gasteiger partial charge is 0.464 e. The van der Waals surface area contributed by atoms with Crippen molar-refractivity contribution in [3.8, 4) is 0 Å². The number of hydrogen-bond acceptors (Lipinski definition) is 4. The van der Waals surface area contributed by atoms with Crippen LogP contribution in [0.5, 0.6) is 0 Å². The molecule has 0 fully saturated rings. The summed E-state index contributed by atoms with van der Waals surface area (Å²) in [6.07, 6.45) is 12.7. The van der Waals surface area contributed by atoms with E-state index >= 15 is 0 Å². The van der Waals surface area contributed by atoms with E-state index in [-0.39, 0.29) is 17.8 Å². The van der Waals surface area contributed by atoms with E-state index in [1.54, 1.807) is 0 Å². The molecule has 0 heterocycles. The zero-order valence-electron chi connectivity index (χ0n) is 19.1. The second-order valence-electron chi connectivity index (χ2n) is 8.35. The van der Waals surface area contributed by atoms with Gasteiger partial charge in [0.05, 0.1) is 13.2 Å². The van der Waals surface area contributed by atoms with Crippen molar-refractivity contribution in [3.05, 3.63) is 0 Å². The summed E-state index contributed by atoms with van der Waals surface area (Å²) in [4.78, 5) is 24.3. The Labute approximate surface area is 173 Å². The molecular formula is C23H45NO4. The number of amides is 1. The number of rotatable bonds is 17. The summed E-state index contributed by atoms with van der Waals surface area (Å²) in [6, 6.07) is -0.646. The average Bonchev–Trinajstić information content (AvgIpc) is 2.67. The number of esters is 1. The number of ether oxygens (including phenoxy) is 2. The molecule has 5 nitrogen and oxygen atoms in total. The fraction of sp³-hybridized carbons (Fsp3) is 0.913. The van der Waals surface area contributed by atoms with Gasteiger partial charge in [-0.15, -0.1) is 0 Å². The first kappa shape index (κ1) is 26.7. The highest BCUT2D eigenvalue weighted by Gasteiger charge is 2.27. The second kappa shape index (κ2) is 17.8. The molecule has 1 amide bonds. The van der Waals surface area contributed by atoms with Gasteiger partial charge in [0.15, 0.2) is 0 Å². The van der Waals surface area contributed by atoms with Crippen LogP contribution in [0.2, 0.25) is 0 Å². The quantitative estimate of drug-likeness (QED) is 0.232. The Balaban J connectivity index is 3.95. The minimum Gasteiger partial charge on any atom is -0.464 e. The lowest BCUT2D eigenvalue weighted by molar-refractivity contribution is -0.147. The Bertz CT molecular complexity index is 398. The SMILES string of the molecule is CCCCCCCCCCCCOC(=O)[C@@H](NC(=O)OCC(C)C)C(C)CC. The van der Waals surface area contributed by atoms with Gasteiger partial charge in [0.25, 0.3) is 0 Å². The Morgan fingerprint density at radius 3 is 1.82 bits per heavy atom. The van der Waals surface area contributed by atoms with Crippen molar-refractivity contribution in [1.82, 2.24) is 5.32 Å². The molecule has 0 saturated carbocycles. The Kier molecular flexibility index (Phi) is 17.0. The van der Waals surface area contributed by atoms with Crippen LogP contribution < -0.4 is 5.32 Å². The van der Waals surface area contributed by atoms with Crippen LogP contribution in [0, 0.1) is 11.8 Å². The molecule has 1 unspecified atom stereocenters. The normalized spacial score (nSPS) is 13.2. The second-order valence-corrected chi connectivity index (χ2v) is 8.35. The van der Waals surface area contributed by atoms with Crippen LogP contribution in [0.3, 0.4) is 0 Å². The van der Waals surface area contributed by atoms with Crippen molar-refractivity contribution in [2.75, 3.05) is 13.2 Å². The number of unbranched alkanes of at least 4 members (excludes halogenated alkanes) is 9. The monoisotopic (exact) mass is 399 g/mol. The van der Waals surface area contributed by atoms with Gasteiger partial charge >= 0.3 is 12.1 Å². The number of hydrogen-bond donors (Lipinski definition) is 1. The van der Waals surface area contributed by atoms with Crippen LogP contribution >= 0.6 is 0 Å². The van der Waals surface area contributed by atoms with Crippen molar-refractivity contribution in [3.63, 3.8) is 0 Å². The van der Waals surface area contributed by atoms with Gasteiger partial charge in [0, 0.05) is 0 Å². The van der Waals surface area contributed by atoms with Crippen LogP contribution in [0.4, 0.5) is 4.79 Å². The summed E-state index contributed by atoms with van der Waals surface area (Å²) < 4.78 is 10.5. The molecule has 0 aliphatic carbocycles. The van der Waals surface area contributed by atoms with E-state index in [0.29, 0.717) is 13.2 Å². The minimum atomic E-state index is -0.646. The summed E-state index contributed by atoms with van der Waals surface area (Å²) in [5.41, 5.74) is 0. The van der Waals surface area contributed by atoms with E-state index in [0.717, 1.165) is 19.3 Å². The summed E-state index contributed by atoms with van der Waals surface area (Å²) >= 11 is 0. The molecule has 5 heteroatoms. The molecule has 0 aliphatic rings. The van der Waals surface area contributed by atoms with Gasteiger partial charge in [-0.05, 0) is 18.3 Å². The van der Waals surface area contributed by atoms with Crippen molar-refractivity contribution < 1.29 is 19.1 Å². The standard InChI is InChI=1S/C23H45NO4/c1-6-8-9-10-11-12-13-14-15-16-17-27-22(25)21(20(5)7-2)24-23(26)28-18-19(3)4/h19-21H,6-18H2,1-5H3,(H,24,26)/t20?,21-/m0/s1. The predicted molar refractivity (Wildman–Crippen MR) is 115 cm³/mol. The van der Waals surface area contributed by atoms with E-state index in [2.05, 4.69) is 12.2 Å². The molecule has 0 radical (unpaired) electrons. The van der Waals surface area contributed by atoms with Gasteiger partial charge in [0.2, 0.25) is 0 Å². The van der Waals surface area contributed by atoms with Crippen LogP contribution in [-0.4, -0.2) is 31.3 Å². The maximum absolute atomic E-state index is 12.4. The zero-order chi connectivity index (χ0) is 21.2. The van der Waals surface area contributed by atoms with Gasteiger partial charge < -0.3 is 14.8 Å². The molecule has 0 aliphatic heterocycles. The molecule has 0 aromatic carbocycles. The van der Waals surface area contributed by atoms with E-state index in [4.69, 9.17) is 9.47 Å². The van der Waals surface area contributed by atoms with Crippen LogP contribution in [0.25, 0.3) is 0 Å². The van der Waals surface area contributed by atoms with E-state index < -0.39 is 12.1 Å².